The maximum absolute atomic E-state index is 4.53. The standard InChI is InChI=1S/C18H15N/c1-2-17(14-8-4-3-5-9-14)16-12-15-10-6-7-11-18(15)19-13-16/h2-13,17H,1H2. The summed E-state index contributed by atoms with van der Waals surface area (Å²) in [4.78, 5) is 4.53. The quantitative estimate of drug-likeness (QED) is 0.617. The molecular weight excluding hydrogens is 230 g/mol. The predicted molar refractivity (Wildman–Crippen MR) is 80.2 cm³/mol. The van der Waals surface area contributed by atoms with Crippen molar-refractivity contribution in [1.82, 2.24) is 4.98 Å². The molecule has 0 N–H and O–H groups in total. The van der Waals surface area contributed by atoms with Gasteiger partial charge in [-0.25, -0.2) is 0 Å². The lowest BCUT2D eigenvalue weighted by molar-refractivity contribution is 1.02. The van der Waals surface area contributed by atoms with Gasteiger partial charge >= 0.3 is 0 Å². The Kier molecular flexibility index (Phi) is 3.11. The Bertz CT molecular complexity index is 701. The van der Waals surface area contributed by atoms with Crippen molar-refractivity contribution < 1.29 is 0 Å². The fourth-order valence-electron chi connectivity index (χ4n) is 2.38. The molecule has 2 aromatic carbocycles. The van der Waals surface area contributed by atoms with E-state index in [1.165, 1.54) is 16.5 Å². The molecule has 3 aromatic rings. The highest BCUT2D eigenvalue weighted by atomic mass is 14.6. The summed E-state index contributed by atoms with van der Waals surface area (Å²) in [6.07, 6.45) is 3.92. The first kappa shape index (κ1) is 11.7. The van der Waals surface area contributed by atoms with Crippen LogP contribution in [0.1, 0.15) is 17.0 Å². The van der Waals surface area contributed by atoms with Gasteiger partial charge in [0.2, 0.25) is 0 Å². The largest absolute Gasteiger partial charge is 0.256 e. The average Bonchev–Trinajstić information content (AvgIpc) is 2.49. The van der Waals surface area contributed by atoms with Gasteiger partial charge in [-0.1, -0.05) is 54.6 Å². The molecule has 1 unspecified atom stereocenters. The van der Waals surface area contributed by atoms with E-state index in [4.69, 9.17) is 0 Å². The second-order valence-corrected chi connectivity index (χ2v) is 4.59. The molecule has 0 amide bonds. The average molecular weight is 245 g/mol. The van der Waals surface area contributed by atoms with Crippen LogP contribution in [0.2, 0.25) is 0 Å². The monoisotopic (exact) mass is 245 g/mol. The number of para-hydroxylation sites is 1. The van der Waals surface area contributed by atoms with Crippen molar-refractivity contribution in [2.75, 3.05) is 0 Å². The molecule has 1 heteroatoms. The van der Waals surface area contributed by atoms with Crippen molar-refractivity contribution in [2.45, 2.75) is 5.92 Å². The molecule has 1 heterocycles. The van der Waals surface area contributed by atoms with Crippen molar-refractivity contribution in [3.8, 4) is 0 Å². The summed E-state index contributed by atoms with van der Waals surface area (Å²) in [5, 5.41) is 1.17. The van der Waals surface area contributed by atoms with Gasteiger partial charge in [0.05, 0.1) is 5.52 Å². The van der Waals surface area contributed by atoms with Crippen LogP contribution < -0.4 is 0 Å². The van der Waals surface area contributed by atoms with E-state index in [2.05, 4.69) is 48.0 Å². The lowest BCUT2D eigenvalue weighted by Gasteiger charge is -2.13. The van der Waals surface area contributed by atoms with E-state index in [1.807, 2.05) is 36.5 Å². The zero-order valence-corrected chi connectivity index (χ0v) is 10.7. The van der Waals surface area contributed by atoms with Gasteiger partial charge in [-0.2, -0.15) is 0 Å². The van der Waals surface area contributed by atoms with Crippen molar-refractivity contribution in [1.29, 1.82) is 0 Å². The summed E-state index contributed by atoms with van der Waals surface area (Å²) < 4.78 is 0. The number of hydrogen-bond acceptors (Lipinski definition) is 1. The van der Waals surface area contributed by atoms with Crippen LogP contribution in [0.15, 0.2) is 79.5 Å². The smallest absolute Gasteiger partial charge is 0.0702 e. The van der Waals surface area contributed by atoms with Crippen molar-refractivity contribution in [2.24, 2.45) is 0 Å². The van der Waals surface area contributed by atoms with Crippen LogP contribution in [0.25, 0.3) is 10.9 Å². The normalized spacial score (nSPS) is 12.2. The first-order valence-electron chi connectivity index (χ1n) is 6.40. The van der Waals surface area contributed by atoms with Crippen LogP contribution in [-0.2, 0) is 0 Å². The third-order valence-electron chi connectivity index (χ3n) is 3.37. The van der Waals surface area contributed by atoms with E-state index >= 15 is 0 Å². The van der Waals surface area contributed by atoms with Crippen molar-refractivity contribution in [3.05, 3.63) is 90.6 Å². The predicted octanol–water partition coefficient (Wildman–Crippen LogP) is 4.55. The van der Waals surface area contributed by atoms with E-state index in [0.29, 0.717) is 0 Å². The van der Waals surface area contributed by atoms with Crippen molar-refractivity contribution in [3.63, 3.8) is 0 Å². The molecule has 0 saturated carbocycles. The Hall–Kier alpha value is -2.41. The van der Waals surface area contributed by atoms with Crippen LogP contribution in [0.3, 0.4) is 0 Å². The lowest BCUT2D eigenvalue weighted by atomic mass is 9.92. The molecule has 0 bridgehead atoms. The number of nitrogens with zero attached hydrogens (tertiary/aromatic N) is 1. The van der Waals surface area contributed by atoms with Crippen LogP contribution in [0.4, 0.5) is 0 Å². The summed E-state index contributed by atoms with van der Waals surface area (Å²) in [6, 6.07) is 20.8. The van der Waals surface area contributed by atoms with Gasteiger partial charge in [-0.05, 0) is 23.3 Å². The molecule has 0 aliphatic heterocycles. The highest BCUT2D eigenvalue weighted by Crippen LogP contribution is 2.27. The summed E-state index contributed by atoms with van der Waals surface area (Å²) in [5.74, 6) is 0.193. The summed E-state index contributed by atoms with van der Waals surface area (Å²) in [5.41, 5.74) is 3.46. The summed E-state index contributed by atoms with van der Waals surface area (Å²) in [6.45, 7) is 3.97. The molecule has 1 aromatic heterocycles. The second kappa shape index (κ2) is 5.07. The van der Waals surface area contributed by atoms with Gasteiger partial charge < -0.3 is 0 Å². The molecule has 0 radical (unpaired) electrons. The van der Waals surface area contributed by atoms with E-state index in [9.17, 15) is 0 Å². The zero-order chi connectivity index (χ0) is 13.1. The van der Waals surface area contributed by atoms with Gasteiger partial charge in [0.25, 0.3) is 0 Å². The minimum Gasteiger partial charge on any atom is -0.256 e. The molecule has 3 rings (SSSR count). The van der Waals surface area contributed by atoms with Crippen LogP contribution in [0, 0.1) is 0 Å². The van der Waals surface area contributed by atoms with Crippen LogP contribution in [0.5, 0.6) is 0 Å². The SMILES string of the molecule is C=CC(c1ccccc1)c1cnc2ccccc2c1. The molecule has 1 nitrogen and oxygen atoms in total. The zero-order valence-electron chi connectivity index (χ0n) is 10.7. The van der Waals surface area contributed by atoms with Gasteiger partial charge in [0.1, 0.15) is 0 Å². The molecule has 0 saturated heterocycles. The molecular formula is C18H15N. The number of benzene rings is 2. The maximum Gasteiger partial charge on any atom is 0.0702 e. The minimum atomic E-state index is 0.193. The number of allylic oxidation sites excluding steroid dienone is 1. The first-order chi connectivity index (χ1) is 9.38. The molecule has 0 fully saturated rings. The molecule has 0 spiro atoms. The van der Waals surface area contributed by atoms with Gasteiger partial charge in [-0.15, -0.1) is 6.58 Å². The van der Waals surface area contributed by atoms with E-state index in [0.717, 1.165) is 5.52 Å². The van der Waals surface area contributed by atoms with E-state index in [-0.39, 0.29) is 5.92 Å². The second-order valence-electron chi connectivity index (χ2n) is 4.59. The Morgan fingerprint density at radius 2 is 1.63 bits per heavy atom. The Morgan fingerprint density at radius 3 is 2.42 bits per heavy atom. The van der Waals surface area contributed by atoms with E-state index in [1.54, 1.807) is 0 Å². The topological polar surface area (TPSA) is 12.9 Å². The summed E-state index contributed by atoms with van der Waals surface area (Å²) in [7, 11) is 0. The highest BCUT2D eigenvalue weighted by Gasteiger charge is 2.10. The summed E-state index contributed by atoms with van der Waals surface area (Å²) >= 11 is 0. The minimum absolute atomic E-state index is 0.193. The third-order valence-corrected chi connectivity index (χ3v) is 3.37. The number of hydrogen-bond donors (Lipinski definition) is 0. The molecule has 19 heavy (non-hydrogen) atoms. The Morgan fingerprint density at radius 1 is 0.895 bits per heavy atom. The van der Waals surface area contributed by atoms with Crippen LogP contribution in [-0.4, -0.2) is 4.98 Å². The molecule has 92 valence electrons. The fourth-order valence-corrected chi connectivity index (χ4v) is 2.38. The Labute approximate surface area is 113 Å². The van der Waals surface area contributed by atoms with Crippen molar-refractivity contribution >= 4 is 10.9 Å². The number of aromatic nitrogens is 1. The number of rotatable bonds is 3. The molecule has 1 atom stereocenters. The van der Waals surface area contributed by atoms with Crippen LogP contribution >= 0.6 is 0 Å². The maximum atomic E-state index is 4.53. The van der Waals surface area contributed by atoms with Gasteiger partial charge in [0, 0.05) is 17.5 Å². The highest BCUT2D eigenvalue weighted by molar-refractivity contribution is 5.79. The third kappa shape index (κ3) is 2.27. The Balaban J connectivity index is 2.09. The first-order valence-corrected chi connectivity index (χ1v) is 6.40. The number of pyridine rings is 1. The van der Waals surface area contributed by atoms with Gasteiger partial charge in [0.15, 0.2) is 0 Å². The molecule has 0 aliphatic carbocycles. The van der Waals surface area contributed by atoms with Gasteiger partial charge in [-0.3, -0.25) is 4.98 Å². The van der Waals surface area contributed by atoms with E-state index < -0.39 is 0 Å². The molecule has 0 aliphatic rings. The lowest BCUT2D eigenvalue weighted by Crippen LogP contribution is -1.98. The number of fused-ring (bicyclic) bond motifs is 1. The fraction of sp³-hybridized carbons (Fsp3) is 0.0556.